The Kier molecular flexibility index (Phi) is 5.87. The van der Waals surface area contributed by atoms with Gasteiger partial charge in [0.25, 0.3) is 11.7 Å². The number of aromatic nitrogens is 1. The lowest BCUT2D eigenvalue weighted by atomic mass is 10.0. The molecule has 0 spiro atoms. The summed E-state index contributed by atoms with van der Waals surface area (Å²) < 4.78 is 4.52. The van der Waals surface area contributed by atoms with Crippen molar-refractivity contribution in [3.8, 4) is 0 Å². The Bertz CT molecular complexity index is 1130. The van der Waals surface area contributed by atoms with Gasteiger partial charge < -0.3 is 15.0 Å². The predicted octanol–water partition coefficient (Wildman–Crippen LogP) is 1.92. The summed E-state index contributed by atoms with van der Waals surface area (Å²) in [4.78, 5) is 52.6. The summed E-state index contributed by atoms with van der Waals surface area (Å²) in [6.07, 6.45) is 0.109. The monoisotopic (exact) mass is 392 g/mol. The summed E-state index contributed by atoms with van der Waals surface area (Å²) in [5.74, 6) is -2.57. The van der Waals surface area contributed by atoms with Crippen LogP contribution in [0.5, 0.6) is 0 Å². The van der Waals surface area contributed by atoms with Gasteiger partial charge in [0.15, 0.2) is 5.43 Å². The first-order chi connectivity index (χ1) is 13.9. The second-order valence-corrected chi connectivity index (χ2v) is 6.57. The first-order valence-electron chi connectivity index (χ1n) is 9.01. The molecule has 0 fully saturated rings. The number of ketones is 1. The van der Waals surface area contributed by atoms with Gasteiger partial charge in [0.1, 0.15) is 11.7 Å². The van der Waals surface area contributed by atoms with E-state index in [0.717, 1.165) is 12.7 Å². The normalized spacial score (nSPS) is 11.7. The number of ether oxygens (including phenoxy) is 1. The molecule has 7 nitrogen and oxygen atoms in total. The molecule has 0 radical (unpaired) electrons. The van der Waals surface area contributed by atoms with Crippen molar-refractivity contribution < 1.29 is 19.1 Å². The summed E-state index contributed by atoms with van der Waals surface area (Å²) >= 11 is 0. The van der Waals surface area contributed by atoms with E-state index in [1.165, 1.54) is 6.92 Å². The number of amides is 1. The van der Waals surface area contributed by atoms with Crippen LogP contribution in [0.1, 0.15) is 21.6 Å². The highest BCUT2D eigenvalue weighted by Gasteiger charge is 2.29. The highest BCUT2D eigenvalue weighted by Crippen LogP contribution is 2.12. The number of Topliss-reactive ketones (excluding diaryl/α,β-unsaturated/α-hetero) is 1. The highest BCUT2D eigenvalue weighted by atomic mass is 16.5. The fourth-order valence-corrected chi connectivity index (χ4v) is 3.09. The number of fused-ring (bicyclic) bond motifs is 1. The van der Waals surface area contributed by atoms with Crippen molar-refractivity contribution in [2.45, 2.75) is 19.4 Å². The number of pyridine rings is 1. The minimum atomic E-state index is -1.13. The Morgan fingerprint density at radius 3 is 2.38 bits per heavy atom. The molecule has 3 rings (SSSR count). The van der Waals surface area contributed by atoms with Crippen molar-refractivity contribution in [3.05, 3.63) is 81.6 Å². The van der Waals surface area contributed by atoms with E-state index in [4.69, 9.17) is 0 Å². The minimum absolute atomic E-state index is 0.0458. The fraction of sp³-hybridized carbons (Fsp3) is 0.182. The van der Waals surface area contributed by atoms with Crippen molar-refractivity contribution in [2.24, 2.45) is 0 Å². The number of hydrogen-bond acceptors (Lipinski definition) is 5. The fourth-order valence-electron chi connectivity index (χ4n) is 3.09. The molecule has 1 unspecified atom stereocenters. The largest absolute Gasteiger partial charge is 0.463 e. The molecule has 1 aromatic heterocycles. The van der Waals surface area contributed by atoms with E-state index in [0.29, 0.717) is 10.9 Å². The molecule has 1 heterocycles. The molecule has 2 N–H and O–H groups in total. The Balaban J connectivity index is 1.95. The van der Waals surface area contributed by atoms with Gasteiger partial charge >= 0.3 is 5.97 Å². The van der Waals surface area contributed by atoms with E-state index in [1.54, 1.807) is 48.5 Å². The minimum Gasteiger partial charge on any atom is -0.463 e. The average molecular weight is 392 g/mol. The third-order valence-electron chi connectivity index (χ3n) is 4.67. The van der Waals surface area contributed by atoms with E-state index in [2.05, 4.69) is 15.0 Å². The van der Waals surface area contributed by atoms with Crippen molar-refractivity contribution >= 4 is 28.6 Å². The van der Waals surface area contributed by atoms with Crippen LogP contribution in [0.2, 0.25) is 0 Å². The molecule has 148 valence electrons. The number of carbonyl (C=O) groups excluding carboxylic acids is 3. The molecule has 0 aliphatic rings. The van der Waals surface area contributed by atoms with Gasteiger partial charge in [-0.1, -0.05) is 42.5 Å². The van der Waals surface area contributed by atoms with Crippen LogP contribution >= 0.6 is 0 Å². The molecule has 0 aliphatic carbocycles. The zero-order valence-electron chi connectivity index (χ0n) is 16.0. The first-order valence-corrected chi connectivity index (χ1v) is 9.01. The van der Waals surface area contributed by atoms with Crippen molar-refractivity contribution in [1.82, 2.24) is 10.3 Å². The number of para-hydroxylation sites is 1. The summed E-state index contributed by atoms with van der Waals surface area (Å²) in [5, 5.41) is 3.04. The first kappa shape index (κ1) is 20.0. The number of nitrogens with one attached hydrogen (secondary N) is 2. The molecule has 0 bridgehead atoms. The van der Waals surface area contributed by atoms with E-state index < -0.39 is 23.7 Å². The number of H-pyrrole nitrogens is 1. The van der Waals surface area contributed by atoms with Gasteiger partial charge in [-0.05, 0) is 24.6 Å². The van der Waals surface area contributed by atoms with Crippen LogP contribution in [0.25, 0.3) is 10.9 Å². The van der Waals surface area contributed by atoms with Gasteiger partial charge in [0.2, 0.25) is 0 Å². The smallest absolute Gasteiger partial charge is 0.376 e. The zero-order chi connectivity index (χ0) is 21.0. The van der Waals surface area contributed by atoms with Gasteiger partial charge in [-0.2, -0.15) is 0 Å². The van der Waals surface area contributed by atoms with Crippen LogP contribution in [-0.2, 0) is 20.7 Å². The molecule has 0 saturated heterocycles. The second-order valence-electron chi connectivity index (χ2n) is 6.57. The van der Waals surface area contributed by atoms with E-state index in [1.807, 2.05) is 6.07 Å². The molecule has 29 heavy (non-hydrogen) atoms. The van der Waals surface area contributed by atoms with Crippen LogP contribution in [0.4, 0.5) is 0 Å². The summed E-state index contributed by atoms with van der Waals surface area (Å²) in [5.41, 5.74) is 1.27. The maximum atomic E-state index is 12.9. The molecule has 3 aromatic rings. The van der Waals surface area contributed by atoms with Gasteiger partial charge in [0, 0.05) is 22.9 Å². The van der Waals surface area contributed by atoms with Gasteiger partial charge in [-0.3, -0.25) is 14.4 Å². The van der Waals surface area contributed by atoms with Crippen molar-refractivity contribution in [2.75, 3.05) is 7.11 Å². The van der Waals surface area contributed by atoms with Crippen LogP contribution in [0.3, 0.4) is 0 Å². The van der Waals surface area contributed by atoms with Gasteiger partial charge in [0.05, 0.1) is 7.11 Å². The Hall–Kier alpha value is -3.74. The number of benzene rings is 2. The summed E-state index contributed by atoms with van der Waals surface area (Å²) in [6, 6.07) is 14.7. The lowest BCUT2D eigenvalue weighted by Gasteiger charge is -2.17. The molecule has 2 aromatic carbocycles. The molecule has 0 saturated carbocycles. The van der Waals surface area contributed by atoms with Crippen LogP contribution in [-0.4, -0.2) is 35.8 Å². The zero-order valence-corrected chi connectivity index (χ0v) is 16.0. The number of rotatable bonds is 6. The molecule has 0 aliphatic heterocycles. The second kappa shape index (κ2) is 8.52. The Labute approximate surface area is 166 Å². The third-order valence-corrected chi connectivity index (χ3v) is 4.67. The summed E-state index contributed by atoms with van der Waals surface area (Å²) in [6.45, 7) is 1.54. The summed E-state index contributed by atoms with van der Waals surface area (Å²) in [7, 11) is 1.10. The average Bonchev–Trinajstić information content (AvgIpc) is 2.75. The number of carbonyl (C=O) groups is 3. The molecule has 7 heteroatoms. The van der Waals surface area contributed by atoms with Gasteiger partial charge in [-0.15, -0.1) is 0 Å². The van der Waals surface area contributed by atoms with E-state index in [-0.39, 0.29) is 23.1 Å². The number of methoxy groups -OCH3 is 1. The van der Waals surface area contributed by atoms with Gasteiger partial charge in [-0.25, -0.2) is 4.79 Å². The maximum absolute atomic E-state index is 12.9. The molecular weight excluding hydrogens is 372 g/mol. The third kappa shape index (κ3) is 4.24. The number of aromatic amines is 1. The van der Waals surface area contributed by atoms with Crippen molar-refractivity contribution in [1.29, 1.82) is 0 Å². The van der Waals surface area contributed by atoms with Crippen LogP contribution in [0.15, 0.2) is 59.4 Å². The number of hydrogen-bond donors (Lipinski definition) is 2. The molecule has 1 amide bonds. The van der Waals surface area contributed by atoms with E-state index >= 15 is 0 Å². The highest BCUT2D eigenvalue weighted by molar-refractivity contribution is 6.36. The molecule has 1 atom stereocenters. The standard InChI is InChI=1S/C22H20N2O5/c1-13-18(23-16-11-7-6-10-15(16)19(13)25)21(27)24-17(20(26)22(28)29-2)12-14-8-4-3-5-9-14/h3-11,17H,12H2,1-2H3,(H,23,25)(H,24,27). The topological polar surface area (TPSA) is 105 Å². The Morgan fingerprint density at radius 1 is 1.03 bits per heavy atom. The number of esters is 1. The van der Waals surface area contributed by atoms with Crippen molar-refractivity contribution in [3.63, 3.8) is 0 Å². The lowest BCUT2D eigenvalue weighted by Crippen LogP contribution is -2.46. The van der Waals surface area contributed by atoms with E-state index in [9.17, 15) is 19.2 Å². The Morgan fingerprint density at radius 2 is 1.69 bits per heavy atom. The van der Waals surface area contributed by atoms with Crippen LogP contribution < -0.4 is 10.7 Å². The lowest BCUT2D eigenvalue weighted by molar-refractivity contribution is -0.152. The SMILES string of the molecule is COC(=O)C(=O)C(Cc1ccccc1)NC(=O)c1[nH]c2ccccc2c(=O)c1C. The molecular formula is C22H20N2O5. The quantitative estimate of drug-likeness (QED) is 0.493. The predicted molar refractivity (Wildman–Crippen MR) is 108 cm³/mol. The maximum Gasteiger partial charge on any atom is 0.376 e. The van der Waals surface area contributed by atoms with Crippen LogP contribution in [0, 0.1) is 6.92 Å².